The Morgan fingerprint density at radius 1 is 1.11 bits per heavy atom. The summed E-state index contributed by atoms with van der Waals surface area (Å²) in [6, 6.07) is 11.9. The van der Waals surface area contributed by atoms with Gasteiger partial charge < -0.3 is 9.47 Å². The molecule has 7 nitrogen and oxygen atoms in total. The van der Waals surface area contributed by atoms with E-state index in [1.807, 2.05) is 0 Å². The number of sulfone groups is 2. The van der Waals surface area contributed by atoms with Crippen molar-refractivity contribution < 1.29 is 31.1 Å². The van der Waals surface area contributed by atoms with Crippen LogP contribution in [0.25, 0.3) is 0 Å². The molecule has 9 heteroatoms. The fraction of sp³-hybridized carbons (Fsp3) is 0.278. The average molecular weight is 410 g/mol. The molecule has 144 valence electrons. The van der Waals surface area contributed by atoms with Gasteiger partial charge in [0.15, 0.2) is 26.3 Å². The normalized spacial score (nSPS) is 17.9. The van der Waals surface area contributed by atoms with E-state index in [-0.39, 0.29) is 27.7 Å². The van der Waals surface area contributed by atoms with Crippen LogP contribution in [0.15, 0.2) is 58.3 Å². The highest BCUT2D eigenvalue weighted by atomic mass is 32.2. The van der Waals surface area contributed by atoms with Crippen LogP contribution in [0.1, 0.15) is 17.7 Å². The van der Waals surface area contributed by atoms with E-state index in [4.69, 9.17) is 9.47 Å². The number of carbonyl (C=O) groups is 1. The van der Waals surface area contributed by atoms with Gasteiger partial charge in [-0.3, -0.25) is 0 Å². The summed E-state index contributed by atoms with van der Waals surface area (Å²) in [4.78, 5) is 11.5. The van der Waals surface area contributed by atoms with Crippen molar-refractivity contribution in [2.45, 2.75) is 22.0 Å². The first-order valence-electron chi connectivity index (χ1n) is 8.20. The molecule has 2 aromatic carbocycles. The summed E-state index contributed by atoms with van der Waals surface area (Å²) in [5.41, 5.74) is 0.0608. The van der Waals surface area contributed by atoms with Gasteiger partial charge in [-0.2, -0.15) is 0 Å². The van der Waals surface area contributed by atoms with Crippen LogP contribution in [-0.4, -0.2) is 41.8 Å². The van der Waals surface area contributed by atoms with Gasteiger partial charge in [-0.25, -0.2) is 21.6 Å². The van der Waals surface area contributed by atoms with Crippen molar-refractivity contribution in [3.8, 4) is 5.75 Å². The van der Waals surface area contributed by atoms with Crippen LogP contribution in [0.3, 0.4) is 0 Å². The fourth-order valence-corrected chi connectivity index (χ4v) is 7.32. The predicted octanol–water partition coefficient (Wildman–Crippen LogP) is 1.93. The molecule has 1 aliphatic rings. The van der Waals surface area contributed by atoms with Crippen molar-refractivity contribution in [1.29, 1.82) is 0 Å². The van der Waals surface area contributed by atoms with Gasteiger partial charge in [-0.1, -0.05) is 24.3 Å². The molecule has 0 fully saturated rings. The molecule has 0 amide bonds. The minimum Gasteiger partial charge on any atom is -0.482 e. The predicted molar refractivity (Wildman–Crippen MR) is 97.0 cm³/mol. The van der Waals surface area contributed by atoms with E-state index in [9.17, 15) is 21.6 Å². The largest absolute Gasteiger partial charge is 0.482 e. The second-order valence-corrected chi connectivity index (χ2v) is 10.0. The van der Waals surface area contributed by atoms with Crippen LogP contribution in [0.4, 0.5) is 0 Å². The van der Waals surface area contributed by atoms with Gasteiger partial charge in [-0.05, 0) is 31.2 Å². The molecule has 0 saturated heterocycles. The zero-order valence-electron chi connectivity index (χ0n) is 14.5. The molecular formula is C18H18O7S2. The van der Waals surface area contributed by atoms with Crippen LogP contribution >= 0.6 is 0 Å². The number of fused-ring (bicyclic) bond motifs is 1. The lowest BCUT2D eigenvalue weighted by molar-refractivity contribution is -0.145. The average Bonchev–Trinajstić information content (AvgIpc) is 2.93. The van der Waals surface area contributed by atoms with Crippen LogP contribution in [0, 0.1) is 0 Å². The van der Waals surface area contributed by atoms with Crippen molar-refractivity contribution in [1.82, 2.24) is 0 Å². The first kappa shape index (κ1) is 19.4. The summed E-state index contributed by atoms with van der Waals surface area (Å²) in [6.07, 6.45) is 0. The highest BCUT2D eigenvalue weighted by Gasteiger charge is 2.45. The van der Waals surface area contributed by atoms with Gasteiger partial charge in [0, 0.05) is 5.56 Å². The number of hydrogen-bond donors (Lipinski definition) is 0. The van der Waals surface area contributed by atoms with E-state index in [2.05, 4.69) is 0 Å². The van der Waals surface area contributed by atoms with E-state index in [1.54, 1.807) is 25.1 Å². The standard InChI is InChI=1S/C18H18O7S2/c1-2-24-17(19)11-25-14-9-6-10-15-18(14)16(12-26(15,20)21)27(22,23)13-7-4-3-5-8-13/h3-10,16H,2,11-12H2,1H3. The maximum absolute atomic E-state index is 13.1. The van der Waals surface area contributed by atoms with Crippen LogP contribution in [0.5, 0.6) is 5.75 Å². The number of hydrogen-bond acceptors (Lipinski definition) is 7. The monoisotopic (exact) mass is 410 g/mol. The smallest absolute Gasteiger partial charge is 0.344 e. The highest BCUT2D eigenvalue weighted by molar-refractivity contribution is 7.96. The van der Waals surface area contributed by atoms with Crippen molar-refractivity contribution in [3.05, 3.63) is 54.1 Å². The Bertz CT molecular complexity index is 1060. The maximum atomic E-state index is 13.1. The van der Waals surface area contributed by atoms with E-state index < -0.39 is 43.3 Å². The number of carbonyl (C=O) groups excluding carboxylic acids is 1. The first-order chi connectivity index (χ1) is 12.8. The molecule has 0 radical (unpaired) electrons. The Labute approximate surface area is 157 Å². The van der Waals surface area contributed by atoms with Crippen LogP contribution in [-0.2, 0) is 29.2 Å². The molecule has 1 heterocycles. The quantitative estimate of drug-likeness (QED) is 0.670. The Hall–Kier alpha value is -2.39. The molecule has 3 rings (SSSR count). The second-order valence-electron chi connectivity index (χ2n) is 5.89. The van der Waals surface area contributed by atoms with Gasteiger partial charge in [0.25, 0.3) is 0 Å². The van der Waals surface area contributed by atoms with Gasteiger partial charge in [0.05, 0.1) is 22.2 Å². The van der Waals surface area contributed by atoms with Crippen LogP contribution < -0.4 is 4.74 Å². The molecule has 0 saturated carbocycles. The van der Waals surface area contributed by atoms with Gasteiger partial charge >= 0.3 is 5.97 Å². The molecule has 27 heavy (non-hydrogen) atoms. The molecule has 0 spiro atoms. The molecular weight excluding hydrogens is 392 g/mol. The van der Waals surface area contributed by atoms with Crippen molar-refractivity contribution in [2.75, 3.05) is 19.0 Å². The third-order valence-electron chi connectivity index (χ3n) is 4.15. The third-order valence-corrected chi connectivity index (χ3v) is 8.24. The van der Waals surface area contributed by atoms with Gasteiger partial charge in [0.2, 0.25) is 0 Å². The lowest BCUT2D eigenvalue weighted by Crippen LogP contribution is -2.18. The maximum Gasteiger partial charge on any atom is 0.344 e. The summed E-state index contributed by atoms with van der Waals surface area (Å²) < 4.78 is 61.4. The summed E-state index contributed by atoms with van der Waals surface area (Å²) >= 11 is 0. The number of benzene rings is 2. The van der Waals surface area contributed by atoms with Crippen LogP contribution in [0.2, 0.25) is 0 Å². The molecule has 1 unspecified atom stereocenters. The third kappa shape index (κ3) is 3.70. The Balaban J connectivity index is 2.06. The van der Waals surface area contributed by atoms with E-state index in [0.717, 1.165) is 0 Å². The lowest BCUT2D eigenvalue weighted by atomic mass is 10.1. The Morgan fingerprint density at radius 3 is 2.48 bits per heavy atom. The molecule has 0 aromatic heterocycles. The number of esters is 1. The molecule has 0 aliphatic carbocycles. The molecule has 2 aromatic rings. The molecule has 0 N–H and O–H groups in total. The van der Waals surface area contributed by atoms with Crippen molar-refractivity contribution in [2.24, 2.45) is 0 Å². The SMILES string of the molecule is CCOC(=O)COc1cccc2c1C(S(=O)(=O)c1ccccc1)CS2(=O)=O. The number of ether oxygens (including phenoxy) is 2. The van der Waals surface area contributed by atoms with Crippen molar-refractivity contribution in [3.63, 3.8) is 0 Å². The molecule has 1 aliphatic heterocycles. The van der Waals surface area contributed by atoms with E-state index in [0.29, 0.717) is 0 Å². The second kappa shape index (κ2) is 7.32. The minimum absolute atomic E-state index is 0.0262. The van der Waals surface area contributed by atoms with Gasteiger partial charge in [-0.15, -0.1) is 0 Å². The first-order valence-corrected chi connectivity index (χ1v) is 11.4. The van der Waals surface area contributed by atoms with Gasteiger partial charge in [0.1, 0.15) is 11.0 Å². The zero-order valence-corrected chi connectivity index (χ0v) is 16.1. The fourth-order valence-electron chi connectivity index (χ4n) is 2.97. The minimum atomic E-state index is -3.97. The summed E-state index contributed by atoms with van der Waals surface area (Å²) in [5.74, 6) is -1.15. The lowest BCUT2D eigenvalue weighted by Gasteiger charge is -2.16. The van der Waals surface area contributed by atoms with E-state index >= 15 is 0 Å². The van der Waals surface area contributed by atoms with Crippen molar-refractivity contribution >= 4 is 25.6 Å². The summed E-state index contributed by atoms with van der Waals surface area (Å²) in [6.45, 7) is 1.38. The highest BCUT2D eigenvalue weighted by Crippen LogP contribution is 2.45. The summed E-state index contributed by atoms with van der Waals surface area (Å²) in [5, 5.41) is -1.31. The zero-order chi connectivity index (χ0) is 19.7. The Kier molecular flexibility index (Phi) is 5.25. The number of rotatable bonds is 6. The topological polar surface area (TPSA) is 104 Å². The molecule has 1 atom stereocenters. The Morgan fingerprint density at radius 2 is 1.81 bits per heavy atom. The summed E-state index contributed by atoms with van der Waals surface area (Å²) in [7, 11) is -7.76. The van der Waals surface area contributed by atoms with E-state index in [1.165, 1.54) is 30.3 Å². The molecule has 0 bridgehead atoms.